The molecule has 1 saturated heterocycles. The molecule has 0 bridgehead atoms. The van der Waals surface area contributed by atoms with Gasteiger partial charge in [-0.15, -0.1) is 0 Å². The lowest BCUT2D eigenvalue weighted by Crippen LogP contribution is -2.46. The number of oxime groups is 1. The molecule has 14 heavy (non-hydrogen) atoms. The molecule has 1 atom stereocenters. The van der Waals surface area contributed by atoms with Crippen molar-refractivity contribution in [1.29, 1.82) is 0 Å². The van der Waals surface area contributed by atoms with Crippen LogP contribution in [0.3, 0.4) is 0 Å². The molecule has 0 aromatic carbocycles. The van der Waals surface area contributed by atoms with Gasteiger partial charge in [0.05, 0.1) is 5.71 Å². The van der Waals surface area contributed by atoms with E-state index in [2.05, 4.69) is 31.2 Å². The molecule has 2 aliphatic heterocycles. The largest absolute Gasteiger partial charge is 0.387 e. The van der Waals surface area contributed by atoms with Crippen molar-refractivity contribution < 1.29 is 4.84 Å². The Morgan fingerprint density at radius 3 is 2.71 bits per heavy atom. The van der Waals surface area contributed by atoms with Crippen LogP contribution < -0.4 is 5.32 Å². The zero-order valence-electron chi connectivity index (χ0n) is 9.39. The van der Waals surface area contributed by atoms with Crippen LogP contribution in [-0.4, -0.2) is 24.4 Å². The number of rotatable bonds is 0. The SMILES string of the molecule is CC(C)(C)C1=NOC2(CCCNC2)C1. The minimum Gasteiger partial charge on any atom is -0.387 e. The van der Waals surface area contributed by atoms with Crippen molar-refractivity contribution in [2.45, 2.75) is 45.6 Å². The topological polar surface area (TPSA) is 33.6 Å². The van der Waals surface area contributed by atoms with Gasteiger partial charge in [0.2, 0.25) is 0 Å². The van der Waals surface area contributed by atoms with Crippen molar-refractivity contribution >= 4 is 5.71 Å². The van der Waals surface area contributed by atoms with E-state index in [0.29, 0.717) is 0 Å². The molecule has 0 saturated carbocycles. The molecule has 1 spiro atoms. The van der Waals surface area contributed by atoms with Gasteiger partial charge in [0, 0.05) is 18.4 Å². The van der Waals surface area contributed by atoms with E-state index in [9.17, 15) is 0 Å². The summed E-state index contributed by atoms with van der Waals surface area (Å²) in [5.74, 6) is 0. The molecule has 0 aromatic rings. The van der Waals surface area contributed by atoms with E-state index in [-0.39, 0.29) is 11.0 Å². The lowest BCUT2D eigenvalue weighted by Gasteiger charge is -2.31. The third-order valence-electron chi connectivity index (χ3n) is 3.14. The van der Waals surface area contributed by atoms with Crippen LogP contribution in [0.15, 0.2) is 5.16 Å². The molecule has 2 heterocycles. The average molecular weight is 196 g/mol. The minimum atomic E-state index is -0.0130. The van der Waals surface area contributed by atoms with E-state index in [1.807, 2.05) is 0 Å². The zero-order chi connectivity index (χ0) is 10.2. The molecule has 3 nitrogen and oxygen atoms in total. The fourth-order valence-electron chi connectivity index (χ4n) is 2.09. The molecule has 1 fully saturated rings. The quantitative estimate of drug-likeness (QED) is 0.642. The number of piperidine rings is 1. The molecule has 1 unspecified atom stereocenters. The van der Waals surface area contributed by atoms with Crippen molar-refractivity contribution in [3.05, 3.63) is 0 Å². The Kier molecular flexibility index (Phi) is 2.30. The first-order valence-electron chi connectivity index (χ1n) is 5.48. The van der Waals surface area contributed by atoms with Gasteiger partial charge < -0.3 is 10.2 Å². The van der Waals surface area contributed by atoms with Crippen molar-refractivity contribution in [2.24, 2.45) is 10.6 Å². The summed E-state index contributed by atoms with van der Waals surface area (Å²) in [6.45, 7) is 8.67. The van der Waals surface area contributed by atoms with Crippen LogP contribution in [0.4, 0.5) is 0 Å². The monoisotopic (exact) mass is 196 g/mol. The maximum Gasteiger partial charge on any atom is 0.155 e. The van der Waals surface area contributed by atoms with Crippen LogP contribution in [0, 0.1) is 5.41 Å². The van der Waals surface area contributed by atoms with Crippen molar-refractivity contribution in [3.63, 3.8) is 0 Å². The van der Waals surface area contributed by atoms with Gasteiger partial charge in [0.1, 0.15) is 0 Å². The molecule has 2 rings (SSSR count). The molecule has 0 aromatic heterocycles. The Balaban J connectivity index is 2.03. The van der Waals surface area contributed by atoms with Gasteiger partial charge in [-0.3, -0.25) is 0 Å². The smallest absolute Gasteiger partial charge is 0.155 e. The highest BCUT2D eigenvalue weighted by atomic mass is 16.7. The van der Waals surface area contributed by atoms with Gasteiger partial charge in [-0.2, -0.15) is 0 Å². The summed E-state index contributed by atoms with van der Waals surface area (Å²) >= 11 is 0. The second kappa shape index (κ2) is 3.23. The molecule has 2 aliphatic rings. The van der Waals surface area contributed by atoms with Crippen LogP contribution in [0.25, 0.3) is 0 Å². The first kappa shape index (κ1) is 9.97. The fourth-order valence-corrected chi connectivity index (χ4v) is 2.09. The highest BCUT2D eigenvalue weighted by Crippen LogP contribution is 2.35. The molecule has 80 valence electrons. The van der Waals surface area contributed by atoms with Gasteiger partial charge in [-0.05, 0) is 19.4 Å². The summed E-state index contributed by atoms with van der Waals surface area (Å²) in [5.41, 5.74) is 1.35. The van der Waals surface area contributed by atoms with Crippen molar-refractivity contribution in [1.82, 2.24) is 5.32 Å². The molecule has 0 radical (unpaired) electrons. The maximum absolute atomic E-state index is 5.65. The zero-order valence-corrected chi connectivity index (χ0v) is 9.39. The van der Waals surface area contributed by atoms with Crippen molar-refractivity contribution in [3.8, 4) is 0 Å². The summed E-state index contributed by atoms with van der Waals surface area (Å²) in [6.07, 6.45) is 3.35. The Morgan fingerprint density at radius 2 is 2.21 bits per heavy atom. The second-order valence-electron chi connectivity index (χ2n) is 5.52. The van der Waals surface area contributed by atoms with E-state index in [1.165, 1.54) is 12.1 Å². The average Bonchev–Trinajstić information content (AvgIpc) is 2.50. The molecule has 0 amide bonds. The third kappa shape index (κ3) is 1.78. The Hall–Kier alpha value is -0.570. The van der Waals surface area contributed by atoms with Crippen molar-refractivity contribution in [2.75, 3.05) is 13.1 Å². The first-order valence-corrected chi connectivity index (χ1v) is 5.48. The predicted molar refractivity (Wildman–Crippen MR) is 57.4 cm³/mol. The lowest BCUT2D eigenvalue weighted by atomic mass is 9.81. The minimum absolute atomic E-state index is 0.0130. The van der Waals surface area contributed by atoms with Crippen LogP contribution in [0.5, 0.6) is 0 Å². The van der Waals surface area contributed by atoms with Gasteiger partial charge in [-0.1, -0.05) is 25.9 Å². The molecule has 1 N–H and O–H groups in total. The summed E-state index contributed by atoms with van der Waals surface area (Å²) in [5, 5.41) is 7.65. The van der Waals surface area contributed by atoms with E-state index in [0.717, 1.165) is 25.9 Å². The standard InChI is InChI=1S/C11H20N2O/c1-10(2,3)9-7-11(14-13-9)5-4-6-12-8-11/h12H,4-8H2,1-3H3. The molecule has 3 heteroatoms. The third-order valence-corrected chi connectivity index (χ3v) is 3.14. The Labute approximate surface area is 85.9 Å². The van der Waals surface area contributed by atoms with Crippen LogP contribution in [0.1, 0.15) is 40.0 Å². The normalized spacial score (nSPS) is 32.9. The van der Waals surface area contributed by atoms with Gasteiger partial charge in [-0.25, -0.2) is 0 Å². The predicted octanol–water partition coefficient (Wildman–Crippen LogP) is 1.93. The second-order valence-corrected chi connectivity index (χ2v) is 5.52. The van der Waals surface area contributed by atoms with E-state index >= 15 is 0 Å². The van der Waals surface area contributed by atoms with Gasteiger partial charge >= 0.3 is 0 Å². The van der Waals surface area contributed by atoms with Crippen LogP contribution in [-0.2, 0) is 4.84 Å². The van der Waals surface area contributed by atoms with Crippen LogP contribution in [0.2, 0.25) is 0 Å². The lowest BCUT2D eigenvalue weighted by molar-refractivity contribution is -0.0347. The molecular formula is C11H20N2O. The highest BCUT2D eigenvalue weighted by molar-refractivity contribution is 5.90. The summed E-state index contributed by atoms with van der Waals surface area (Å²) in [6, 6.07) is 0. The highest BCUT2D eigenvalue weighted by Gasteiger charge is 2.42. The van der Waals surface area contributed by atoms with E-state index in [1.54, 1.807) is 0 Å². The van der Waals surface area contributed by atoms with E-state index in [4.69, 9.17) is 4.84 Å². The summed E-state index contributed by atoms with van der Waals surface area (Å²) < 4.78 is 0. The number of hydrogen-bond donors (Lipinski definition) is 1. The number of nitrogens with zero attached hydrogens (tertiary/aromatic N) is 1. The number of hydrogen-bond acceptors (Lipinski definition) is 3. The summed E-state index contributed by atoms with van der Waals surface area (Å²) in [7, 11) is 0. The van der Waals surface area contributed by atoms with Gasteiger partial charge in [0.25, 0.3) is 0 Å². The first-order chi connectivity index (χ1) is 6.52. The fraction of sp³-hybridized carbons (Fsp3) is 0.909. The molecular weight excluding hydrogens is 176 g/mol. The van der Waals surface area contributed by atoms with Crippen LogP contribution >= 0.6 is 0 Å². The molecule has 0 aliphatic carbocycles. The Bertz CT molecular complexity index is 247. The maximum atomic E-state index is 5.65. The number of nitrogens with one attached hydrogen (secondary N) is 1. The Morgan fingerprint density at radius 1 is 1.43 bits per heavy atom. The van der Waals surface area contributed by atoms with E-state index < -0.39 is 0 Å². The van der Waals surface area contributed by atoms with Gasteiger partial charge in [0.15, 0.2) is 5.60 Å². The summed E-state index contributed by atoms with van der Waals surface area (Å²) in [4.78, 5) is 5.65.